The Morgan fingerprint density at radius 3 is 2.32 bits per heavy atom. The number of ether oxygens (including phenoxy) is 1. The standard InChI is InChI=1S/C30H24N4O3/c1-20-8-12-23(13-9-20)34-29(35)26-7-4-3-6-25(26)27(30(34)36)18-22-19-33(17-5-16-31)32-28(22)21-10-14-24(37-2)15-11-21/h3-4,6-15,18-19H,5,17H2,1-2H3/b27-18+. The van der Waals surface area contributed by atoms with Crippen molar-refractivity contribution in [1.29, 1.82) is 5.26 Å². The molecule has 0 unspecified atom stereocenters. The van der Waals surface area contributed by atoms with Crippen LogP contribution in [0.15, 0.2) is 79.0 Å². The summed E-state index contributed by atoms with van der Waals surface area (Å²) in [5.74, 6) is -0.0455. The van der Waals surface area contributed by atoms with E-state index < -0.39 is 5.91 Å². The second-order valence-electron chi connectivity index (χ2n) is 8.72. The van der Waals surface area contributed by atoms with Crippen molar-refractivity contribution in [3.05, 3.63) is 101 Å². The summed E-state index contributed by atoms with van der Waals surface area (Å²) in [6, 6.07) is 24.1. The zero-order valence-corrected chi connectivity index (χ0v) is 20.5. The molecule has 37 heavy (non-hydrogen) atoms. The van der Waals surface area contributed by atoms with E-state index in [0.29, 0.717) is 46.6 Å². The number of nitrogens with zero attached hydrogens (tertiary/aromatic N) is 4. The summed E-state index contributed by atoms with van der Waals surface area (Å²) in [6.45, 7) is 2.37. The Bertz CT molecular complexity index is 1560. The molecule has 2 amide bonds. The van der Waals surface area contributed by atoms with Crippen molar-refractivity contribution < 1.29 is 14.3 Å². The van der Waals surface area contributed by atoms with Gasteiger partial charge in [0.1, 0.15) is 5.75 Å². The lowest BCUT2D eigenvalue weighted by molar-refractivity contribution is -0.112. The minimum absolute atomic E-state index is 0.303. The van der Waals surface area contributed by atoms with Crippen molar-refractivity contribution in [2.45, 2.75) is 19.9 Å². The Labute approximate surface area is 214 Å². The van der Waals surface area contributed by atoms with Gasteiger partial charge in [0.05, 0.1) is 37.5 Å². The third kappa shape index (κ3) is 4.53. The van der Waals surface area contributed by atoms with E-state index in [4.69, 9.17) is 15.1 Å². The number of hydrogen-bond acceptors (Lipinski definition) is 5. The number of rotatable bonds is 6. The number of imide groups is 1. The predicted octanol–water partition coefficient (Wildman–Crippen LogP) is 5.51. The van der Waals surface area contributed by atoms with Gasteiger partial charge in [-0.15, -0.1) is 0 Å². The highest BCUT2D eigenvalue weighted by Crippen LogP contribution is 2.35. The number of nitriles is 1. The third-order valence-corrected chi connectivity index (χ3v) is 6.28. The molecular weight excluding hydrogens is 464 g/mol. The van der Waals surface area contributed by atoms with Gasteiger partial charge in [0.2, 0.25) is 0 Å². The molecule has 0 saturated carbocycles. The lowest BCUT2D eigenvalue weighted by atomic mass is 9.91. The molecule has 0 aliphatic carbocycles. The van der Waals surface area contributed by atoms with Crippen LogP contribution in [0, 0.1) is 18.3 Å². The second kappa shape index (κ2) is 9.96. The fraction of sp³-hybridized carbons (Fsp3) is 0.133. The topological polar surface area (TPSA) is 88.2 Å². The number of fused-ring (bicyclic) bond motifs is 1. The third-order valence-electron chi connectivity index (χ3n) is 6.28. The summed E-state index contributed by atoms with van der Waals surface area (Å²) < 4.78 is 6.99. The number of amides is 2. The molecule has 0 saturated heterocycles. The van der Waals surface area contributed by atoms with Crippen LogP contribution >= 0.6 is 0 Å². The number of aromatic nitrogens is 2. The summed E-state index contributed by atoms with van der Waals surface area (Å²) in [6.07, 6.45) is 3.91. The van der Waals surface area contributed by atoms with Crippen LogP contribution in [-0.2, 0) is 11.3 Å². The Morgan fingerprint density at radius 2 is 1.65 bits per heavy atom. The van der Waals surface area contributed by atoms with Gasteiger partial charge < -0.3 is 4.74 Å². The van der Waals surface area contributed by atoms with Gasteiger partial charge in [0, 0.05) is 28.5 Å². The first-order valence-electron chi connectivity index (χ1n) is 11.9. The van der Waals surface area contributed by atoms with Gasteiger partial charge in [-0.2, -0.15) is 10.4 Å². The molecule has 182 valence electrons. The monoisotopic (exact) mass is 488 g/mol. The summed E-state index contributed by atoms with van der Waals surface area (Å²) in [5, 5.41) is 13.8. The van der Waals surface area contributed by atoms with E-state index >= 15 is 0 Å². The van der Waals surface area contributed by atoms with Crippen molar-refractivity contribution in [1.82, 2.24) is 9.78 Å². The van der Waals surface area contributed by atoms with E-state index in [0.717, 1.165) is 16.9 Å². The van der Waals surface area contributed by atoms with Crippen molar-refractivity contribution in [2.24, 2.45) is 0 Å². The molecule has 0 fully saturated rings. The minimum Gasteiger partial charge on any atom is -0.497 e. The summed E-state index contributed by atoms with van der Waals surface area (Å²) >= 11 is 0. The van der Waals surface area contributed by atoms with Crippen LogP contribution in [0.25, 0.3) is 22.9 Å². The van der Waals surface area contributed by atoms with Crippen LogP contribution in [0.5, 0.6) is 5.75 Å². The van der Waals surface area contributed by atoms with Crippen molar-refractivity contribution >= 4 is 29.2 Å². The summed E-state index contributed by atoms with van der Waals surface area (Å²) in [4.78, 5) is 28.5. The number of carbonyl (C=O) groups excluding carboxylic acids is 2. The maximum Gasteiger partial charge on any atom is 0.265 e. The largest absolute Gasteiger partial charge is 0.497 e. The van der Waals surface area contributed by atoms with Crippen LogP contribution in [0.4, 0.5) is 5.69 Å². The van der Waals surface area contributed by atoms with Gasteiger partial charge in [0.25, 0.3) is 11.8 Å². The molecule has 0 atom stereocenters. The summed E-state index contributed by atoms with van der Waals surface area (Å²) in [7, 11) is 1.61. The first-order chi connectivity index (χ1) is 18.0. The van der Waals surface area contributed by atoms with E-state index in [9.17, 15) is 9.59 Å². The zero-order chi connectivity index (χ0) is 25.9. The van der Waals surface area contributed by atoms with Crippen molar-refractivity contribution in [2.75, 3.05) is 12.0 Å². The molecular formula is C30H24N4O3. The molecule has 0 spiro atoms. The van der Waals surface area contributed by atoms with E-state index in [1.165, 1.54) is 4.90 Å². The molecule has 0 bridgehead atoms. The fourth-order valence-electron chi connectivity index (χ4n) is 4.37. The fourth-order valence-corrected chi connectivity index (χ4v) is 4.37. The van der Waals surface area contributed by atoms with Crippen LogP contribution in [-0.4, -0.2) is 28.7 Å². The zero-order valence-electron chi connectivity index (χ0n) is 20.5. The minimum atomic E-state index is -0.405. The van der Waals surface area contributed by atoms with E-state index in [-0.39, 0.29) is 5.91 Å². The average molecular weight is 489 g/mol. The van der Waals surface area contributed by atoms with E-state index in [1.807, 2.05) is 55.6 Å². The first-order valence-corrected chi connectivity index (χ1v) is 11.9. The van der Waals surface area contributed by atoms with Gasteiger partial charge in [-0.25, -0.2) is 4.90 Å². The quantitative estimate of drug-likeness (QED) is 0.264. The van der Waals surface area contributed by atoms with Crippen molar-refractivity contribution in [3.63, 3.8) is 0 Å². The number of anilines is 1. The molecule has 3 aromatic carbocycles. The smallest absolute Gasteiger partial charge is 0.265 e. The Morgan fingerprint density at radius 1 is 0.946 bits per heavy atom. The lowest BCUT2D eigenvalue weighted by Crippen LogP contribution is -2.41. The number of carbonyl (C=O) groups is 2. The Balaban J connectivity index is 1.67. The van der Waals surface area contributed by atoms with Crippen LogP contribution in [0.2, 0.25) is 0 Å². The number of aryl methyl sites for hydroxylation is 2. The van der Waals surface area contributed by atoms with E-state index in [1.54, 1.807) is 48.2 Å². The molecule has 0 radical (unpaired) electrons. The first kappa shape index (κ1) is 23.8. The number of methoxy groups -OCH3 is 1. The highest BCUT2D eigenvalue weighted by molar-refractivity contribution is 6.43. The molecule has 7 nitrogen and oxygen atoms in total. The maximum absolute atomic E-state index is 13.8. The SMILES string of the molecule is COc1ccc(-c2nn(CCC#N)cc2/C=C2/C(=O)N(c3ccc(C)cc3)C(=O)c3ccccc32)cc1. The molecule has 1 aliphatic rings. The van der Waals surface area contributed by atoms with Gasteiger partial charge >= 0.3 is 0 Å². The van der Waals surface area contributed by atoms with E-state index in [2.05, 4.69) is 6.07 Å². The number of benzene rings is 3. The van der Waals surface area contributed by atoms with Gasteiger partial charge in [0.15, 0.2) is 0 Å². The Kier molecular flexibility index (Phi) is 6.40. The highest BCUT2D eigenvalue weighted by Gasteiger charge is 2.36. The van der Waals surface area contributed by atoms with Crippen LogP contribution in [0.1, 0.15) is 33.5 Å². The highest BCUT2D eigenvalue weighted by atomic mass is 16.5. The molecule has 2 heterocycles. The lowest BCUT2D eigenvalue weighted by Gasteiger charge is -2.28. The molecule has 0 N–H and O–H groups in total. The van der Waals surface area contributed by atoms with Crippen molar-refractivity contribution in [3.8, 4) is 23.1 Å². The molecule has 1 aliphatic heterocycles. The number of hydrogen-bond donors (Lipinski definition) is 0. The predicted molar refractivity (Wildman–Crippen MR) is 142 cm³/mol. The van der Waals surface area contributed by atoms with Gasteiger partial charge in [-0.1, -0.05) is 35.9 Å². The average Bonchev–Trinajstić information content (AvgIpc) is 3.33. The normalized spacial score (nSPS) is 14.0. The summed E-state index contributed by atoms with van der Waals surface area (Å²) in [5.41, 5.74) is 5.18. The molecule has 7 heteroatoms. The van der Waals surface area contributed by atoms with Crippen LogP contribution < -0.4 is 9.64 Å². The maximum atomic E-state index is 13.8. The Hall–Kier alpha value is -4.96. The van der Waals surface area contributed by atoms with Gasteiger partial charge in [-0.3, -0.25) is 14.3 Å². The molecule has 5 rings (SSSR count). The second-order valence-corrected chi connectivity index (χ2v) is 8.72. The molecule has 4 aromatic rings. The molecule has 1 aromatic heterocycles. The van der Waals surface area contributed by atoms with Crippen LogP contribution in [0.3, 0.4) is 0 Å². The van der Waals surface area contributed by atoms with Gasteiger partial charge in [-0.05, 0) is 61.0 Å².